The van der Waals surface area contributed by atoms with Gasteiger partial charge in [-0.15, -0.1) is 11.6 Å². The fraction of sp³-hybridized carbons (Fsp3) is 0.333. The van der Waals surface area contributed by atoms with Gasteiger partial charge < -0.3 is 4.90 Å². The molecule has 1 aromatic heterocycles. The summed E-state index contributed by atoms with van der Waals surface area (Å²) in [7, 11) is 0. The molecular formula is C15H16ClN3O. The summed E-state index contributed by atoms with van der Waals surface area (Å²) in [6.07, 6.45) is 5.93. The number of aromatic nitrogens is 2. The summed E-state index contributed by atoms with van der Waals surface area (Å²) in [6, 6.07) is 10.3. The minimum absolute atomic E-state index is 0.00151. The van der Waals surface area contributed by atoms with Gasteiger partial charge in [-0.05, 0) is 25.0 Å². The molecular weight excluding hydrogens is 274 g/mol. The van der Waals surface area contributed by atoms with Crippen LogP contribution >= 0.6 is 11.6 Å². The number of nitrogens with zero attached hydrogens (tertiary/aromatic N) is 3. The van der Waals surface area contributed by atoms with Gasteiger partial charge in [-0.2, -0.15) is 5.10 Å². The number of rotatable bonds is 5. The predicted octanol–water partition coefficient (Wildman–Crippen LogP) is 2.60. The van der Waals surface area contributed by atoms with Crippen LogP contribution in [0.25, 0.3) is 5.69 Å². The Labute approximate surface area is 123 Å². The van der Waals surface area contributed by atoms with Crippen molar-refractivity contribution >= 4 is 17.5 Å². The zero-order valence-electron chi connectivity index (χ0n) is 11.1. The molecule has 3 rings (SSSR count). The fourth-order valence-electron chi connectivity index (χ4n) is 2.24. The maximum Gasteiger partial charge on any atom is 0.238 e. The lowest BCUT2D eigenvalue weighted by Gasteiger charge is -2.20. The van der Waals surface area contributed by atoms with Crippen LogP contribution < -0.4 is 0 Å². The molecule has 0 aliphatic heterocycles. The first kappa shape index (κ1) is 13.2. The van der Waals surface area contributed by atoms with E-state index < -0.39 is 0 Å². The van der Waals surface area contributed by atoms with E-state index in [1.807, 2.05) is 52.3 Å². The van der Waals surface area contributed by atoms with E-state index in [-0.39, 0.29) is 11.8 Å². The fourth-order valence-corrected chi connectivity index (χ4v) is 2.40. The number of carbonyl (C=O) groups excluding carboxylic acids is 1. The molecule has 1 amide bonds. The third kappa shape index (κ3) is 2.85. The van der Waals surface area contributed by atoms with Crippen LogP contribution in [0.5, 0.6) is 0 Å². The van der Waals surface area contributed by atoms with Crippen LogP contribution in [0.2, 0.25) is 0 Å². The number of halogens is 1. The van der Waals surface area contributed by atoms with Crippen molar-refractivity contribution in [3.63, 3.8) is 0 Å². The van der Waals surface area contributed by atoms with E-state index in [2.05, 4.69) is 5.10 Å². The number of alkyl halides is 1. The van der Waals surface area contributed by atoms with E-state index in [1.165, 1.54) is 0 Å². The van der Waals surface area contributed by atoms with Crippen molar-refractivity contribution in [2.45, 2.75) is 25.4 Å². The second-order valence-electron chi connectivity index (χ2n) is 5.02. The van der Waals surface area contributed by atoms with E-state index >= 15 is 0 Å². The molecule has 1 aliphatic carbocycles. The van der Waals surface area contributed by atoms with Crippen LogP contribution in [0.1, 0.15) is 18.4 Å². The summed E-state index contributed by atoms with van der Waals surface area (Å²) >= 11 is 5.67. The minimum atomic E-state index is 0.00151. The first-order chi connectivity index (χ1) is 9.78. The van der Waals surface area contributed by atoms with Gasteiger partial charge in [0.1, 0.15) is 5.88 Å². The van der Waals surface area contributed by atoms with E-state index in [9.17, 15) is 4.79 Å². The molecule has 1 heterocycles. The van der Waals surface area contributed by atoms with Gasteiger partial charge in [0.25, 0.3) is 0 Å². The third-order valence-electron chi connectivity index (χ3n) is 3.43. The molecule has 1 aliphatic rings. The normalized spacial score (nSPS) is 14.2. The number of benzene rings is 1. The average Bonchev–Trinajstić information content (AvgIpc) is 3.23. The maximum atomic E-state index is 11.8. The summed E-state index contributed by atoms with van der Waals surface area (Å²) < 4.78 is 1.82. The van der Waals surface area contributed by atoms with Gasteiger partial charge in [-0.1, -0.05) is 18.2 Å². The van der Waals surface area contributed by atoms with Crippen molar-refractivity contribution in [2.24, 2.45) is 0 Å². The number of amides is 1. The molecule has 0 atom stereocenters. The third-order valence-corrected chi connectivity index (χ3v) is 3.66. The SMILES string of the molecule is O=C(CCl)N(Cc1cnn(-c2ccccc2)c1)C1CC1. The molecule has 0 N–H and O–H groups in total. The Morgan fingerprint density at radius 1 is 1.35 bits per heavy atom. The number of hydrogen-bond donors (Lipinski definition) is 0. The molecule has 2 aromatic rings. The lowest BCUT2D eigenvalue weighted by atomic mass is 10.3. The molecule has 0 spiro atoms. The van der Waals surface area contributed by atoms with Crippen LogP contribution in [0.3, 0.4) is 0 Å². The molecule has 1 saturated carbocycles. The minimum Gasteiger partial charge on any atom is -0.334 e. The van der Waals surface area contributed by atoms with Gasteiger partial charge in [-0.25, -0.2) is 4.68 Å². The first-order valence-corrected chi connectivity index (χ1v) is 7.26. The summed E-state index contributed by atoms with van der Waals surface area (Å²) in [5.41, 5.74) is 2.04. The predicted molar refractivity (Wildman–Crippen MR) is 77.9 cm³/mol. The van der Waals surface area contributed by atoms with Crippen molar-refractivity contribution < 1.29 is 4.79 Å². The monoisotopic (exact) mass is 289 g/mol. The molecule has 20 heavy (non-hydrogen) atoms. The van der Waals surface area contributed by atoms with Gasteiger partial charge in [0.15, 0.2) is 0 Å². The molecule has 0 unspecified atom stereocenters. The standard InChI is InChI=1S/C15H16ClN3O/c16-8-15(20)18(13-6-7-13)10-12-9-17-19(11-12)14-4-2-1-3-5-14/h1-5,9,11,13H,6-8,10H2. The summed E-state index contributed by atoms with van der Waals surface area (Å²) in [6.45, 7) is 0.586. The van der Waals surface area contributed by atoms with Crippen molar-refractivity contribution in [2.75, 3.05) is 5.88 Å². The Balaban J connectivity index is 1.75. The molecule has 104 valence electrons. The largest absolute Gasteiger partial charge is 0.334 e. The number of carbonyl (C=O) groups is 1. The lowest BCUT2D eigenvalue weighted by molar-refractivity contribution is -0.129. The smallest absolute Gasteiger partial charge is 0.238 e. The van der Waals surface area contributed by atoms with Gasteiger partial charge in [-0.3, -0.25) is 4.79 Å². The maximum absolute atomic E-state index is 11.8. The van der Waals surface area contributed by atoms with Crippen molar-refractivity contribution in [1.82, 2.24) is 14.7 Å². The van der Waals surface area contributed by atoms with Gasteiger partial charge in [0.2, 0.25) is 5.91 Å². The molecule has 4 nitrogen and oxygen atoms in total. The van der Waals surface area contributed by atoms with Crippen LogP contribution in [0.4, 0.5) is 0 Å². The van der Waals surface area contributed by atoms with Crippen LogP contribution in [0, 0.1) is 0 Å². The van der Waals surface area contributed by atoms with Gasteiger partial charge in [0, 0.05) is 24.3 Å². The average molecular weight is 290 g/mol. The highest BCUT2D eigenvalue weighted by Gasteiger charge is 2.32. The zero-order valence-corrected chi connectivity index (χ0v) is 11.8. The van der Waals surface area contributed by atoms with Crippen LogP contribution in [-0.4, -0.2) is 32.5 Å². The van der Waals surface area contributed by atoms with Crippen molar-refractivity contribution in [1.29, 1.82) is 0 Å². The zero-order chi connectivity index (χ0) is 13.9. The van der Waals surface area contributed by atoms with Crippen LogP contribution in [-0.2, 0) is 11.3 Å². The lowest BCUT2D eigenvalue weighted by Crippen LogP contribution is -2.33. The summed E-state index contributed by atoms with van der Waals surface area (Å²) in [5, 5.41) is 4.35. The quantitative estimate of drug-likeness (QED) is 0.794. The van der Waals surface area contributed by atoms with Crippen molar-refractivity contribution in [3.8, 4) is 5.69 Å². The Bertz CT molecular complexity index is 592. The molecule has 1 aromatic carbocycles. The molecule has 1 fully saturated rings. The van der Waals surface area contributed by atoms with E-state index in [0.717, 1.165) is 24.1 Å². The van der Waals surface area contributed by atoms with E-state index in [0.29, 0.717) is 12.6 Å². The molecule has 0 saturated heterocycles. The van der Waals surface area contributed by atoms with Gasteiger partial charge >= 0.3 is 0 Å². The molecule has 5 heteroatoms. The molecule has 0 radical (unpaired) electrons. The summed E-state index contributed by atoms with van der Waals surface area (Å²) in [5.74, 6) is 0.0465. The second-order valence-corrected chi connectivity index (χ2v) is 5.28. The molecule has 0 bridgehead atoms. The van der Waals surface area contributed by atoms with Crippen molar-refractivity contribution in [3.05, 3.63) is 48.3 Å². The number of para-hydroxylation sites is 1. The highest BCUT2D eigenvalue weighted by molar-refractivity contribution is 6.27. The topological polar surface area (TPSA) is 38.1 Å². The first-order valence-electron chi connectivity index (χ1n) is 6.72. The number of hydrogen-bond acceptors (Lipinski definition) is 2. The highest BCUT2D eigenvalue weighted by Crippen LogP contribution is 2.28. The summed E-state index contributed by atoms with van der Waals surface area (Å²) in [4.78, 5) is 13.7. The second kappa shape index (κ2) is 5.67. The van der Waals surface area contributed by atoms with Crippen LogP contribution in [0.15, 0.2) is 42.7 Å². The van der Waals surface area contributed by atoms with Gasteiger partial charge in [0.05, 0.1) is 11.9 Å². The van der Waals surface area contributed by atoms with E-state index in [4.69, 9.17) is 11.6 Å². The van der Waals surface area contributed by atoms with E-state index in [1.54, 1.807) is 0 Å². The highest BCUT2D eigenvalue weighted by atomic mass is 35.5. The Kier molecular flexibility index (Phi) is 3.74. The Morgan fingerprint density at radius 3 is 2.75 bits per heavy atom. The Morgan fingerprint density at radius 2 is 2.10 bits per heavy atom. The Hall–Kier alpha value is -1.81.